The van der Waals surface area contributed by atoms with Crippen LogP contribution in [0.1, 0.15) is 78.6 Å². The zero-order valence-electron chi connectivity index (χ0n) is 13.8. The van der Waals surface area contributed by atoms with Crippen molar-refractivity contribution in [1.82, 2.24) is 5.32 Å². The molecule has 0 saturated carbocycles. The molecule has 0 aliphatic carbocycles. The van der Waals surface area contributed by atoms with Gasteiger partial charge in [0.2, 0.25) is 0 Å². The average molecular weight is 374 g/mol. The summed E-state index contributed by atoms with van der Waals surface area (Å²) in [6.07, 6.45) is 13.2. The minimum atomic E-state index is -1.93. The molecule has 0 aromatic heterocycles. The Hall–Kier alpha value is 0.759. The molecule has 1 nitrogen and oxygen atoms in total. The van der Waals surface area contributed by atoms with E-state index < -0.39 is 18.4 Å². The van der Waals surface area contributed by atoms with E-state index >= 15 is 0 Å². The standard InChI is InChI=1S/C5H10N.3C4H9.Sn/c1-2-4-6-5-3-1;3*1-3-4-2;/h4,6H,1-3,5H2;3*1,3-4H2,2H3;. The molecular weight excluding hydrogens is 337 g/mol. The first-order valence-corrected chi connectivity index (χ1v) is 16.7. The van der Waals surface area contributed by atoms with E-state index in [0.29, 0.717) is 0 Å². The molecule has 114 valence electrons. The van der Waals surface area contributed by atoms with Crippen molar-refractivity contribution >= 4 is 18.4 Å². The van der Waals surface area contributed by atoms with Gasteiger partial charge in [0.05, 0.1) is 0 Å². The zero-order chi connectivity index (χ0) is 14.0. The topological polar surface area (TPSA) is 12.0 Å². The van der Waals surface area contributed by atoms with E-state index in [9.17, 15) is 0 Å². The van der Waals surface area contributed by atoms with Gasteiger partial charge in [-0.3, -0.25) is 0 Å². The molecule has 1 aliphatic rings. The van der Waals surface area contributed by atoms with Gasteiger partial charge < -0.3 is 0 Å². The molecular formula is C17H37NSn. The van der Waals surface area contributed by atoms with Crippen molar-refractivity contribution in [3.8, 4) is 0 Å². The molecule has 1 rings (SSSR count). The van der Waals surface area contributed by atoms with E-state index in [1.54, 1.807) is 13.3 Å². The third kappa shape index (κ3) is 5.95. The molecule has 0 bridgehead atoms. The van der Waals surface area contributed by atoms with Crippen LogP contribution in [-0.2, 0) is 0 Å². The second-order valence-electron chi connectivity index (χ2n) is 6.68. The van der Waals surface area contributed by atoms with Crippen LogP contribution in [0.3, 0.4) is 0 Å². The maximum atomic E-state index is 3.98. The maximum absolute atomic E-state index is 3.98. The van der Waals surface area contributed by atoms with Gasteiger partial charge in [-0.1, -0.05) is 0 Å². The number of unbranched alkanes of at least 4 members (excludes halogenated alkanes) is 3. The summed E-state index contributed by atoms with van der Waals surface area (Å²) in [5.74, 6) is 0. The third-order valence-corrected chi connectivity index (χ3v) is 22.3. The van der Waals surface area contributed by atoms with Gasteiger partial charge in [-0.25, -0.2) is 0 Å². The van der Waals surface area contributed by atoms with Gasteiger partial charge in [-0.05, 0) is 0 Å². The average Bonchev–Trinajstić information content (AvgIpc) is 2.48. The molecule has 0 radical (unpaired) electrons. The van der Waals surface area contributed by atoms with Gasteiger partial charge in [0.1, 0.15) is 0 Å². The van der Waals surface area contributed by atoms with E-state index in [0.717, 1.165) is 4.06 Å². The van der Waals surface area contributed by atoms with Gasteiger partial charge in [-0.15, -0.1) is 0 Å². The van der Waals surface area contributed by atoms with E-state index in [2.05, 4.69) is 26.1 Å². The van der Waals surface area contributed by atoms with Crippen LogP contribution in [0.5, 0.6) is 0 Å². The summed E-state index contributed by atoms with van der Waals surface area (Å²) in [5, 5.41) is 3.98. The first kappa shape index (κ1) is 17.8. The van der Waals surface area contributed by atoms with Crippen LogP contribution in [0.15, 0.2) is 0 Å². The van der Waals surface area contributed by atoms with Crippen LogP contribution in [0.4, 0.5) is 0 Å². The van der Waals surface area contributed by atoms with E-state index in [4.69, 9.17) is 0 Å². The Labute approximate surface area is 126 Å². The van der Waals surface area contributed by atoms with Crippen LogP contribution in [0, 0.1) is 0 Å². The summed E-state index contributed by atoms with van der Waals surface area (Å²) in [5.41, 5.74) is 0. The zero-order valence-corrected chi connectivity index (χ0v) is 16.6. The molecule has 1 atom stereocenters. The Bertz CT molecular complexity index is 190. The van der Waals surface area contributed by atoms with Crippen molar-refractivity contribution < 1.29 is 0 Å². The van der Waals surface area contributed by atoms with Gasteiger partial charge >= 0.3 is 126 Å². The van der Waals surface area contributed by atoms with Gasteiger partial charge in [-0.2, -0.15) is 0 Å². The molecule has 1 aliphatic heterocycles. The van der Waals surface area contributed by atoms with E-state index in [1.165, 1.54) is 64.3 Å². The molecule has 2 heteroatoms. The predicted molar refractivity (Wildman–Crippen MR) is 90.5 cm³/mol. The van der Waals surface area contributed by atoms with Crippen LogP contribution in [-0.4, -0.2) is 29.0 Å². The number of piperidine rings is 1. The first-order valence-electron chi connectivity index (χ1n) is 9.02. The molecule has 1 unspecified atom stereocenters. The van der Waals surface area contributed by atoms with Crippen LogP contribution >= 0.6 is 0 Å². The van der Waals surface area contributed by atoms with Gasteiger partial charge in [0, 0.05) is 0 Å². The van der Waals surface area contributed by atoms with Crippen molar-refractivity contribution in [1.29, 1.82) is 0 Å². The Morgan fingerprint density at radius 2 is 1.37 bits per heavy atom. The molecule has 1 saturated heterocycles. The number of hydrogen-bond donors (Lipinski definition) is 1. The summed E-state index contributed by atoms with van der Waals surface area (Å²) < 4.78 is 6.03. The van der Waals surface area contributed by atoms with Crippen LogP contribution in [0.25, 0.3) is 0 Å². The Kier molecular flexibility index (Phi) is 9.82. The predicted octanol–water partition coefficient (Wildman–Crippen LogP) is 5.52. The fraction of sp³-hybridized carbons (Fsp3) is 1.00. The fourth-order valence-electron chi connectivity index (χ4n) is 3.86. The van der Waals surface area contributed by atoms with Crippen molar-refractivity contribution in [3.05, 3.63) is 0 Å². The number of nitrogens with one attached hydrogen (secondary N) is 1. The summed E-state index contributed by atoms with van der Waals surface area (Å²) in [4.78, 5) is 0. The third-order valence-electron chi connectivity index (χ3n) is 5.13. The second kappa shape index (κ2) is 10.5. The van der Waals surface area contributed by atoms with Crippen molar-refractivity contribution in [2.24, 2.45) is 0 Å². The molecule has 1 N–H and O–H groups in total. The molecule has 0 amide bonds. The summed E-state index contributed by atoms with van der Waals surface area (Å²) >= 11 is -1.93. The monoisotopic (exact) mass is 375 g/mol. The van der Waals surface area contributed by atoms with Crippen molar-refractivity contribution in [3.63, 3.8) is 0 Å². The first-order chi connectivity index (χ1) is 9.29. The Morgan fingerprint density at radius 1 is 0.842 bits per heavy atom. The molecule has 0 spiro atoms. The molecule has 1 heterocycles. The van der Waals surface area contributed by atoms with Crippen LogP contribution in [0.2, 0.25) is 13.3 Å². The van der Waals surface area contributed by atoms with Crippen LogP contribution < -0.4 is 5.32 Å². The van der Waals surface area contributed by atoms with Gasteiger partial charge in [0.25, 0.3) is 0 Å². The summed E-state index contributed by atoms with van der Waals surface area (Å²) in [7, 11) is 0. The fourth-order valence-corrected chi connectivity index (χ4v) is 22.0. The van der Waals surface area contributed by atoms with E-state index in [-0.39, 0.29) is 0 Å². The molecule has 0 aromatic carbocycles. The molecule has 1 fully saturated rings. The van der Waals surface area contributed by atoms with Gasteiger partial charge in [0.15, 0.2) is 0 Å². The summed E-state index contributed by atoms with van der Waals surface area (Å²) in [6.45, 7) is 8.45. The molecule has 19 heavy (non-hydrogen) atoms. The summed E-state index contributed by atoms with van der Waals surface area (Å²) in [6, 6.07) is 0. The number of rotatable bonds is 10. The van der Waals surface area contributed by atoms with Crippen molar-refractivity contribution in [2.45, 2.75) is 95.9 Å². The minimum absolute atomic E-state index is 1.02. The Morgan fingerprint density at radius 3 is 1.74 bits per heavy atom. The number of hydrogen-bond acceptors (Lipinski definition) is 1. The quantitative estimate of drug-likeness (QED) is 0.497. The molecule has 0 aromatic rings. The normalized spacial score (nSPS) is 20.7. The van der Waals surface area contributed by atoms with Crippen molar-refractivity contribution in [2.75, 3.05) is 6.54 Å². The second-order valence-corrected chi connectivity index (χ2v) is 20.7. The van der Waals surface area contributed by atoms with E-state index in [1.807, 2.05) is 0 Å². The Balaban J connectivity index is 2.73. The SMILES string of the molecule is CCC[CH2][Sn]([CH2]CCC)([CH2]CCC)[CH]1CCCCN1.